The highest BCUT2D eigenvalue weighted by molar-refractivity contribution is 5.85. The zero-order valence-corrected chi connectivity index (χ0v) is 14.0. The smallest absolute Gasteiger partial charge is 0.167 e. The van der Waals surface area contributed by atoms with Crippen LogP contribution in [0.2, 0.25) is 0 Å². The fourth-order valence-electron chi connectivity index (χ4n) is 3.08. The van der Waals surface area contributed by atoms with Crippen molar-refractivity contribution in [1.29, 1.82) is 0 Å². The molecule has 1 fully saturated rings. The topological polar surface area (TPSA) is 126 Å². The Hall–Kier alpha value is -2.59. The first-order valence-electron chi connectivity index (χ1n) is 8.23. The normalized spacial score (nSPS) is 25.7. The van der Waals surface area contributed by atoms with Crippen LogP contribution in [-0.4, -0.2) is 59.8 Å². The lowest BCUT2D eigenvalue weighted by molar-refractivity contribution is -0.0511. The van der Waals surface area contributed by atoms with Crippen LogP contribution in [0.5, 0.6) is 0 Å². The Kier molecular flexibility index (Phi) is 4.29. The van der Waals surface area contributed by atoms with Crippen LogP contribution in [0, 0.1) is 6.92 Å². The highest BCUT2D eigenvalue weighted by atomic mass is 16.6. The number of nitrogens with one attached hydrogen (secondary N) is 1. The van der Waals surface area contributed by atoms with Crippen molar-refractivity contribution in [2.75, 3.05) is 11.9 Å². The number of aryl methyl sites for hydroxylation is 1. The summed E-state index contributed by atoms with van der Waals surface area (Å²) in [5.74, 6) is 0.523. The molecular weight excluding hydrogens is 338 g/mol. The van der Waals surface area contributed by atoms with Crippen molar-refractivity contribution in [2.24, 2.45) is 0 Å². The molecule has 4 N–H and O–H groups in total. The molecule has 1 aliphatic rings. The van der Waals surface area contributed by atoms with Gasteiger partial charge in [0.25, 0.3) is 0 Å². The van der Waals surface area contributed by atoms with Crippen LogP contribution in [0.1, 0.15) is 11.8 Å². The van der Waals surface area contributed by atoms with E-state index in [4.69, 9.17) is 4.74 Å². The number of ether oxygens (including phenoxy) is 1. The summed E-state index contributed by atoms with van der Waals surface area (Å²) >= 11 is 0. The number of nitrogens with zero attached hydrogens (tertiary/aromatic N) is 4. The number of aliphatic hydroxyl groups is 3. The molecule has 1 aromatic carbocycles. The van der Waals surface area contributed by atoms with E-state index in [1.807, 2.05) is 31.2 Å². The summed E-state index contributed by atoms with van der Waals surface area (Å²) in [5, 5.41) is 32.7. The second kappa shape index (κ2) is 6.61. The highest BCUT2D eigenvalue weighted by Crippen LogP contribution is 2.32. The predicted molar refractivity (Wildman–Crippen MR) is 92.8 cm³/mol. The minimum Gasteiger partial charge on any atom is -0.394 e. The van der Waals surface area contributed by atoms with Crippen molar-refractivity contribution in [3.63, 3.8) is 0 Å². The van der Waals surface area contributed by atoms with E-state index in [9.17, 15) is 15.3 Å². The number of aliphatic hydroxyl groups excluding tert-OH is 3. The van der Waals surface area contributed by atoms with Gasteiger partial charge in [0.15, 0.2) is 23.2 Å². The van der Waals surface area contributed by atoms with Crippen LogP contribution in [0.25, 0.3) is 11.2 Å². The average Bonchev–Trinajstić information content (AvgIpc) is 3.19. The number of aromatic nitrogens is 4. The molecule has 3 heterocycles. The third-order valence-electron chi connectivity index (χ3n) is 4.55. The Morgan fingerprint density at radius 1 is 1.15 bits per heavy atom. The summed E-state index contributed by atoms with van der Waals surface area (Å²) < 4.78 is 7.09. The molecule has 0 radical (unpaired) electrons. The largest absolute Gasteiger partial charge is 0.394 e. The number of para-hydroxylation sites is 1. The van der Waals surface area contributed by atoms with E-state index in [1.54, 1.807) is 0 Å². The van der Waals surface area contributed by atoms with Gasteiger partial charge in [-0.1, -0.05) is 18.2 Å². The van der Waals surface area contributed by atoms with Gasteiger partial charge < -0.3 is 25.4 Å². The van der Waals surface area contributed by atoms with Crippen molar-refractivity contribution in [3.05, 3.63) is 42.5 Å². The third-order valence-corrected chi connectivity index (χ3v) is 4.55. The summed E-state index contributed by atoms with van der Waals surface area (Å²) in [6, 6.07) is 7.79. The lowest BCUT2D eigenvalue weighted by Crippen LogP contribution is -2.33. The van der Waals surface area contributed by atoms with E-state index in [1.165, 1.54) is 17.2 Å². The van der Waals surface area contributed by atoms with E-state index < -0.39 is 31.1 Å². The molecule has 4 rings (SSSR count). The monoisotopic (exact) mass is 357 g/mol. The molecule has 26 heavy (non-hydrogen) atoms. The first-order chi connectivity index (χ1) is 12.6. The van der Waals surface area contributed by atoms with E-state index in [2.05, 4.69) is 20.3 Å². The second-order valence-electron chi connectivity index (χ2n) is 6.22. The SMILES string of the molecule is Cc1ccccc1Nc1ncnc2c1ncn2[C@@H]1O[C@H](CO)C(O)C1O. The molecule has 1 saturated heterocycles. The summed E-state index contributed by atoms with van der Waals surface area (Å²) in [4.78, 5) is 12.8. The van der Waals surface area contributed by atoms with Crippen LogP contribution in [0.4, 0.5) is 11.5 Å². The molecule has 9 nitrogen and oxygen atoms in total. The number of hydrogen-bond acceptors (Lipinski definition) is 8. The maximum Gasteiger partial charge on any atom is 0.167 e. The molecule has 0 saturated carbocycles. The Labute approximate surface area is 148 Å². The Bertz CT molecular complexity index is 930. The van der Waals surface area contributed by atoms with Crippen molar-refractivity contribution in [2.45, 2.75) is 31.5 Å². The standard InChI is InChI=1S/C17H19N5O4/c1-9-4-2-3-5-10(9)21-15-12-16(19-7-18-15)22(8-20-12)17-14(25)13(24)11(6-23)26-17/h2-5,7-8,11,13-14,17,23-25H,6H2,1H3,(H,18,19,21)/t11-,13?,14?,17-/m1/s1. The van der Waals surface area contributed by atoms with Gasteiger partial charge in [0, 0.05) is 5.69 Å². The van der Waals surface area contributed by atoms with Crippen LogP contribution >= 0.6 is 0 Å². The van der Waals surface area contributed by atoms with Crippen LogP contribution in [0.15, 0.2) is 36.9 Å². The summed E-state index contributed by atoms with van der Waals surface area (Å²) in [6.07, 6.45) is -1.28. The van der Waals surface area contributed by atoms with Gasteiger partial charge in [0.2, 0.25) is 0 Å². The third kappa shape index (κ3) is 2.71. The first kappa shape index (κ1) is 16.9. The molecule has 3 aromatic rings. The van der Waals surface area contributed by atoms with Gasteiger partial charge in [0.1, 0.15) is 24.6 Å². The zero-order valence-electron chi connectivity index (χ0n) is 14.0. The Balaban J connectivity index is 1.71. The fraction of sp³-hybridized carbons (Fsp3) is 0.353. The van der Waals surface area contributed by atoms with E-state index in [-0.39, 0.29) is 0 Å². The molecule has 2 aromatic heterocycles. The van der Waals surface area contributed by atoms with Crippen LogP contribution in [0.3, 0.4) is 0 Å². The Morgan fingerprint density at radius 2 is 1.96 bits per heavy atom. The highest BCUT2D eigenvalue weighted by Gasteiger charge is 2.44. The predicted octanol–water partition coefficient (Wildman–Crippen LogP) is 0.490. The van der Waals surface area contributed by atoms with Gasteiger partial charge in [-0.05, 0) is 18.6 Å². The van der Waals surface area contributed by atoms with E-state index >= 15 is 0 Å². The van der Waals surface area contributed by atoms with Gasteiger partial charge in [-0.15, -0.1) is 0 Å². The van der Waals surface area contributed by atoms with Crippen LogP contribution in [-0.2, 0) is 4.74 Å². The summed E-state index contributed by atoms with van der Waals surface area (Å²) in [5.41, 5.74) is 2.91. The molecule has 0 aliphatic carbocycles. The van der Waals surface area contributed by atoms with Crippen molar-refractivity contribution >= 4 is 22.7 Å². The molecule has 0 bridgehead atoms. The molecular formula is C17H19N5O4. The van der Waals surface area contributed by atoms with Crippen LogP contribution < -0.4 is 5.32 Å². The van der Waals surface area contributed by atoms with E-state index in [0.29, 0.717) is 17.0 Å². The molecule has 2 unspecified atom stereocenters. The summed E-state index contributed by atoms with van der Waals surface area (Å²) in [7, 11) is 0. The van der Waals surface area contributed by atoms with Gasteiger partial charge in [-0.2, -0.15) is 0 Å². The molecule has 0 spiro atoms. The number of fused-ring (bicyclic) bond motifs is 1. The maximum absolute atomic E-state index is 10.2. The molecule has 9 heteroatoms. The quantitative estimate of drug-likeness (QED) is 0.532. The lowest BCUT2D eigenvalue weighted by atomic mass is 10.1. The van der Waals surface area contributed by atoms with Crippen molar-refractivity contribution in [3.8, 4) is 0 Å². The number of benzene rings is 1. The molecule has 0 amide bonds. The summed E-state index contributed by atoms with van der Waals surface area (Å²) in [6.45, 7) is 1.59. The first-order valence-corrected chi connectivity index (χ1v) is 8.23. The average molecular weight is 357 g/mol. The Morgan fingerprint density at radius 3 is 2.69 bits per heavy atom. The number of rotatable bonds is 4. The van der Waals surface area contributed by atoms with Crippen molar-refractivity contribution in [1.82, 2.24) is 19.5 Å². The minimum atomic E-state index is -1.20. The second-order valence-corrected chi connectivity index (χ2v) is 6.22. The number of imidazole rings is 1. The lowest BCUT2D eigenvalue weighted by Gasteiger charge is -2.16. The van der Waals surface area contributed by atoms with E-state index in [0.717, 1.165) is 11.3 Å². The maximum atomic E-state index is 10.2. The van der Waals surface area contributed by atoms with Gasteiger partial charge >= 0.3 is 0 Å². The molecule has 4 atom stereocenters. The molecule has 1 aliphatic heterocycles. The van der Waals surface area contributed by atoms with Gasteiger partial charge in [-0.25, -0.2) is 15.0 Å². The number of anilines is 2. The number of hydrogen-bond donors (Lipinski definition) is 4. The van der Waals surface area contributed by atoms with Crippen molar-refractivity contribution < 1.29 is 20.1 Å². The van der Waals surface area contributed by atoms with Gasteiger partial charge in [0.05, 0.1) is 12.9 Å². The molecule has 136 valence electrons. The fourth-order valence-corrected chi connectivity index (χ4v) is 3.08. The van der Waals surface area contributed by atoms with Gasteiger partial charge in [-0.3, -0.25) is 4.57 Å². The minimum absolute atomic E-state index is 0.392. The zero-order chi connectivity index (χ0) is 18.3.